The molecule has 4 nitrogen and oxygen atoms in total. The van der Waals surface area contributed by atoms with Gasteiger partial charge in [0.15, 0.2) is 0 Å². The number of nitrogens with one attached hydrogen (secondary N) is 1. The third kappa shape index (κ3) is 1.02. The highest BCUT2D eigenvalue weighted by molar-refractivity contribution is 7.80. The average Bonchev–Trinajstić information content (AvgIpc) is 2.47. The van der Waals surface area contributed by atoms with Crippen LogP contribution in [-0.2, 0) is 0 Å². The molecule has 0 amide bonds. The molecule has 2 rings (SSSR count). The highest BCUT2D eigenvalue weighted by Crippen LogP contribution is 2.28. The van der Waals surface area contributed by atoms with Gasteiger partial charge in [-0.15, -0.1) is 0 Å². The summed E-state index contributed by atoms with van der Waals surface area (Å²) in [6, 6.07) is 0. The van der Waals surface area contributed by atoms with Crippen LogP contribution in [-0.4, -0.2) is 21.5 Å². The first-order valence-electron chi connectivity index (χ1n) is 3.62. The molecule has 5 heteroatoms. The van der Waals surface area contributed by atoms with E-state index in [1.165, 1.54) is 6.33 Å². The van der Waals surface area contributed by atoms with Gasteiger partial charge in [0.05, 0.1) is 10.9 Å². The van der Waals surface area contributed by atoms with Crippen LogP contribution in [0.5, 0.6) is 0 Å². The molecule has 1 atom stereocenters. The van der Waals surface area contributed by atoms with E-state index in [-0.39, 0.29) is 5.92 Å². The number of hydrogen-bond acceptors (Lipinski definition) is 4. The van der Waals surface area contributed by atoms with Crippen molar-refractivity contribution in [1.82, 2.24) is 9.97 Å². The third-order valence-electron chi connectivity index (χ3n) is 1.93. The largest absolute Gasteiger partial charge is 0.393 e. The van der Waals surface area contributed by atoms with E-state index in [1.54, 1.807) is 6.20 Å². The van der Waals surface area contributed by atoms with Crippen LogP contribution in [0, 0.1) is 0 Å². The van der Waals surface area contributed by atoms with Crippen molar-refractivity contribution < 1.29 is 0 Å². The minimum atomic E-state index is 0.0937. The zero-order valence-electron chi connectivity index (χ0n) is 6.32. The second-order valence-corrected chi connectivity index (χ2v) is 3.13. The molecule has 12 heavy (non-hydrogen) atoms. The van der Waals surface area contributed by atoms with Gasteiger partial charge >= 0.3 is 0 Å². The van der Waals surface area contributed by atoms with Crippen LogP contribution in [0.15, 0.2) is 12.5 Å². The number of rotatable bonds is 1. The van der Waals surface area contributed by atoms with Crippen LogP contribution in [0.2, 0.25) is 0 Å². The Hall–Kier alpha value is -1.23. The zero-order chi connectivity index (χ0) is 8.55. The lowest BCUT2D eigenvalue weighted by Gasteiger charge is -2.04. The Morgan fingerprint density at radius 1 is 1.75 bits per heavy atom. The van der Waals surface area contributed by atoms with Gasteiger partial charge in [0.25, 0.3) is 0 Å². The first kappa shape index (κ1) is 7.42. The van der Waals surface area contributed by atoms with E-state index in [4.69, 9.17) is 18.0 Å². The summed E-state index contributed by atoms with van der Waals surface area (Å²) < 4.78 is 0. The van der Waals surface area contributed by atoms with Gasteiger partial charge in [0, 0.05) is 18.3 Å². The van der Waals surface area contributed by atoms with Crippen molar-refractivity contribution in [2.45, 2.75) is 5.92 Å². The summed E-state index contributed by atoms with van der Waals surface area (Å²) in [5, 5.41) is 3.11. The van der Waals surface area contributed by atoms with Gasteiger partial charge in [-0.1, -0.05) is 12.2 Å². The maximum absolute atomic E-state index is 5.55. The SMILES string of the molecule is NC(=S)C1CNc2ncncc21. The molecule has 0 bridgehead atoms. The van der Waals surface area contributed by atoms with Crippen molar-refractivity contribution >= 4 is 23.0 Å². The van der Waals surface area contributed by atoms with Gasteiger partial charge in [0.2, 0.25) is 0 Å². The summed E-state index contributed by atoms with van der Waals surface area (Å²) in [6.07, 6.45) is 3.26. The molecule has 0 aromatic carbocycles. The van der Waals surface area contributed by atoms with E-state index >= 15 is 0 Å². The summed E-state index contributed by atoms with van der Waals surface area (Å²) in [5.74, 6) is 0.944. The normalized spacial score (nSPS) is 19.8. The third-order valence-corrected chi connectivity index (χ3v) is 2.22. The summed E-state index contributed by atoms with van der Waals surface area (Å²) in [4.78, 5) is 8.47. The lowest BCUT2D eigenvalue weighted by Crippen LogP contribution is -2.20. The Bertz CT molecular complexity index is 325. The summed E-state index contributed by atoms with van der Waals surface area (Å²) in [7, 11) is 0. The minimum absolute atomic E-state index is 0.0937. The number of nitrogens with two attached hydrogens (primary N) is 1. The molecule has 1 aliphatic rings. The number of thiocarbonyl (C=S) groups is 1. The van der Waals surface area contributed by atoms with Gasteiger partial charge in [-0.2, -0.15) is 0 Å². The molecular weight excluding hydrogens is 172 g/mol. The molecule has 1 aliphatic heterocycles. The smallest absolute Gasteiger partial charge is 0.133 e. The predicted octanol–water partition coefficient (Wildman–Crippen LogP) is 0.272. The second-order valence-electron chi connectivity index (χ2n) is 2.66. The number of aromatic nitrogens is 2. The van der Waals surface area contributed by atoms with Gasteiger partial charge < -0.3 is 11.1 Å². The van der Waals surface area contributed by atoms with E-state index < -0.39 is 0 Å². The van der Waals surface area contributed by atoms with Crippen LogP contribution in [0.25, 0.3) is 0 Å². The zero-order valence-corrected chi connectivity index (χ0v) is 7.14. The maximum atomic E-state index is 5.55. The molecule has 1 aromatic rings. The maximum Gasteiger partial charge on any atom is 0.133 e. The number of nitrogens with zero attached hydrogens (tertiary/aromatic N) is 2. The number of anilines is 1. The summed E-state index contributed by atoms with van der Waals surface area (Å²) in [5.41, 5.74) is 6.55. The highest BCUT2D eigenvalue weighted by Gasteiger charge is 2.25. The van der Waals surface area contributed by atoms with Gasteiger partial charge in [-0.25, -0.2) is 9.97 Å². The van der Waals surface area contributed by atoms with Crippen molar-refractivity contribution in [3.63, 3.8) is 0 Å². The molecule has 0 saturated heterocycles. The van der Waals surface area contributed by atoms with E-state index in [2.05, 4.69) is 15.3 Å². The van der Waals surface area contributed by atoms with E-state index in [0.29, 0.717) is 4.99 Å². The topological polar surface area (TPSA) is 63.8 Å². The van der Waals surface area contributed by atoms with Gasteiger partial charge in [-0.05, 0) is 0 Å². The molecule has 1 aromatic heterocycles. The van der Waals surface area contributed by atoms with Crippen molar-refractivity contribution in [2.24, 2.45) is 5.73 Å². The number of fused-ring (bicyclic) bond motifs is 1. The molecule has 0 saturated carbocycles. The second kappa shape index (κ2) is 2.67. The lowest BCUT2D eigenvalue weighted by molar-refractivity contribution is 0.993. The summed E-state index contributed by atoms with van der Waals surface area (Å²) in [6.45, 7) is 0.739. The monoisotopic (exact) mass is 180 g/mol. The number of hydrogen-bond donors (Lipinski definition) is 2. The van der Waals surface area contributed by atoms with E-state index in [1.807, 2.05) is 0 Å². The molecule has 62 valence electrons. The Labute approximate surface area is 75.2 Å². The molecular formula is C7H8N4S. The van der Waals surface area contributed by atoms with Crippen LogP contribution in [0.3, 0.4) is 0 Å². The van der Waals surface area contributed by atoms with Crippen molar-refractivity contribution in [3.05, 3.63) is 18.1 Å². The van der Waals surface area contributed by atoms with Crippen LogP contribution >= 0.6 is 12.2 Å². The highest BCUT2D eigenvalue weighted by atomic mass is 32.1. The molecule has 0 radical (unpaired) electrons. The predicted molar refractivity (Wildman–Crippen MR) is 50.0 cm³/mol. The Morgan fingerprint density at radius 3 is 3.33 bits per heavy atom. The van der Waals surface area contributed by atoms with Crippen molar-refractivity contribution in [2.75, 3.05) is 11.9 Å². The first-order chi connectivity index (χ1) is 5.79. The van der Waals surface area contributed by atoms with Crippen LogP contribution < -0.4 is 11.1 Å². The Kier molecular flexibility index (Phi) is 1.65. The minimum Gasteiger partial charge on any atom is -0.393 e. The fraction of sp³-hybridized carbons (Fsp3) is 0.286. The van der Waals surface area contributed by atoms with Crippen molar-refractivity contribution in [3.8, 4) is 0 Å². The van der Waals surface area contributed by atoms with Gasteiger partial charge in [-0.3, -0.25) is 0 Å². The Morgan fingerprint density at radius 2 is 2.58 bits per heavy atom. The molecule has 3 N–H and O–H groups in total. The molecule has 2 heterocycles. The lowest BCUT2D eigenvalue weighted by atomic mass is 10.1. The molecule has 1 unspecified atom stereocenters. The molecule has 0 fully saturated rings. The van der Waals surface area contributed by atoms with E-state index in [9.17, 15) is 0 Å². The standard InChI is InChI=1S/C7H8N4S/c8-6(12)4-2-10-7-5(4)1-9-3-11-7/h1,3-4H,2H2,(H2,8,12)(H,9,10,11). The van der Waals surface area contributed by atoms with E-state index in [0.717, 1.165) is 17.9 Å². The summed E-state index contributed by atoms with van der Waals surface area (Å²) >= 11 is 4.91. The Balaban J connectivity index is 2.42. The first-order valence-corrected chi connectivity index (χ1v) is 4.03. The van der Waals surface area contributed by atoms with Gasteiger partial charge in [0.1, 0.15) is 12.1 Å². The van der Waals surface area contributed by atoms with Crippen LogP contribution in [0.1, 0.15) is 11.5 Å². The van der Waals surface area contributed by atoms with Crippen molar-refractivity contribution in [1.29, 1.82) is 0 Å². The average molecular weight is 180 g/mol. The molecule has 0 aliphatic carbocycles. The fourth-order valence-corrected chi connectivity index (χ4v) is 1.52. The quantitative estimate of drug-likeness (QED) is 0.607. The fourth-order valence-electron chi connectivity index (χ4n) is 1.31. The van der Waals surface area contributed by atoms with Crippen LogP contribution in [0.4, 0.5) is 5.82 Å². The molecule has 0 spiro atoms.